The smallest absolute Gasteiger partial charge is 0.334 e. The molecule has 1 atom stereocenters. The standard InChI is InChI=1S/C18H30O4Si/c1-8-21-17(19)15-10-14(11-23(5,6)7)16(13(4)12(15)3)18(20)22-9-2/h14H,8-11H2,1-7H3. The van der Waals surface area contributed by atoms with E-state index in [1.165, 1.54) is 0 Å². The Labute approximate surface area is 140 Å². The van der Waals surface area contributed by atoms with Gasteiger partial charge in [0.05, 0.1) is 13.2 Å². The summed E-state index contributed by atoms with van der Waals surface area (Å²) in [6.07, 6.45) is 0.570. The van der Waals surface area contributed by atoms with Crippen LogP contribution >= 0.6 is 0 Å². The normalized spacial score (nSPS) is 19.0. The van der Waals surface area contributed by atoms with Crippen LogP contribution in [0.1, 0.15) is 34.1 Å². The molecule has 0 bridgehead atoms. The van der Waals surface area contributed by atoms with E-state index in [9.17, 15) is 9.59 Å². The summed E-state index contributed by atoms with van der Waals surface area (Å²) >= 11 is 0. The van der Waals surface area contributed by atoms with Crippen molar-refractivity contribution in [3.05, 3.63) is 22.3 Å². The van der Waals surface area contributed by atoms with Crippen molar-refractivity contribution in [2.45, 2.75) is 59.8 Å². The summed E-state index contributed by atoms with van der Waals surface area (Å²) in [6.45, 7) is 15.0. The summed E-state index contributed by atoms with van der Waals surface area (Å²) in [4.78, 5) is 24.7. The lowest BCUT2D eigenvalue weighted by molar-refractivity contribution is -0.141. The molecule has 1 rings (SSSR count). The molecule has 0 fully saturated rings. The van der Waals surface area contributed by atoms with E-state index in [1.54, 1.807) is 0 Å². The minimum absolute atomic E-state index is 0.0452. The third-order valence-electron chi connectivity index (χ3n) is 4.15. The Morgan fingerprint density at radius 2 is 1.52 bits per heavy atom. The maximum absolute atomic E-state index is 12.4. The molecule has 0 aromatic rings. The van der Waals surface area contributed by atoms with Gasteiger partial charge >= 0.3 is 11.9 Å². The number of ether oxygens (including phenoxy) is 2. The summed E-state index contributed by atoms with van der Waals surface area (Å²) in [5.74, 6) is -0.452. The topological polar surface area (TPSA) is 52.6 Å². The fourth-order valence-corrected chi connectivity index (χ4v) is 4.96. The predicted octanol–water partition coefficient (Wildman–Crippen LogP) is 4.10. The van der Waals surface area contributed by atoms with Crippen LogP contribution in [0.3, 0.4) is 0 Å². The lowest BCUT2D eigenvalue weighted by atomic mass is 9.80. The highest BCUT2D eigenvalue weighted by molar-refractivity contribution is 6.76. The van der Waals surface area contributed by atoms with E-state index in [0.717, 1.165) is 22.8 Å². The van der Waals surface area contributed by atoms with Crippen molar-refractivity contribution in [3.63, 3.8) is 0 Å². The highest BCUT2D eigenvalue weighted by atomic mass is 28.3. The fourth-order valence-electron chi connectivity index (χ4n) is 3.13. The van der Waals surface area contributed by atoms with Gasteiger partial charge in [-0.3, -0.25) is 0 Å². The van der Waals surface area contributed by atoms with Gasteiger partial charge in [-0.2, -0.15) is 0 Å². The van der Waals surface area contributed by atoms with Gasteiger partial charge in [0.25, 0.3) is 0 Å². The van der Waals surface area contributed by atoms with Crippen molar-refractivity contribution < 1.29 is 19.1 Å². The third-order valence-corrected chi connectivity index (χ3v) is 5.87. The lowest BCUT2D eigenvalue weighted by Gasteiger charge is -2.32. The largest absolute Gasteiger partial charge is 0.463 e. The predicted molar refractivity (Wildman–Crippen MR) is 94.9 cm³/mol. The van der Waals surface area contributed by atoms with Crippen LogP contribution in [-0.4, -0.2) is 33.2 Å². The number of esters is 2. The molecule has 130 valence electrons. The van der Waals surface area contributed by atoms with Crippen LogP contribution < -0.4 is 0 Å². The quantitative estimate of drug-likeness (QED) is 0.540. The summed E-state index contributed by atoms with van der Waals surface area (Å²) in [5.41, 5.74) is 3.19. The summed E-state index contributed by atoms with van der Waals surface area (Å²) in [6, 6.07) is 0.953. The molecule has 0 aliphatic heterocycles. The van der Waals surface area contributed by atoms with Gasteiger partial charge in [-0.1, -0.05) is 25.7 Å². The zero-order valence-electron chi connectivity index (χ0n) is 15.5. The molecular weight excluding hydrogens is 308 g/mol. The van der Waals surface area contributed by atoms with Gasteiger partial charge in [-0.25, -0.2) is 9.59 Å². The average Bonchev–Trinajstić information content (AvgIpc) is 2.41. The summed E-state index contributed by atoms with van der Waals surface area (Å²) in [5, 5.41) is 0. The highest BCUT2D eigenvalue weighted by Gasteiger charge is 2.35. The van der Waals surface area contributed by atoms with Gasteiger partial charge in [0.1, 0.15) is 0 Å². The first-order valence-electron chi connectivity index (χ1n) is 8.37. The van der Waals surface area contributed by atoms with Crippen molar-refractivity contribution >= 4 is 20.0 Å². The Morgan fingerprint density at radius 3 is 2.00 bits per heavy atom. The monoisotopic (exact) mass is 338 g/mol. The zero-order valence-corrected chi connectivity index (χ0v) is 16.5. The molecule has 0 aromatic carbocycles. The average molecular weight is 339 g/mol. The molecule has 0 amide bonds. The van der Waals surface area contributed by atoms with E-state index in [2.05, 4.69) is 19.6 Å². The number of rotatable bonds is 6. The van der Waals surface area contributed by atoms with E-state index in [1.807, 2.05) is 27.7 Å². The van der Waals surface area contributed by atoms with Crippen LogP contribution in [0.2, 0.25) is 25.7 Å². The molecule has 5 heteroatoms. The number of hydrogen-bond donors (Lipinski definition) is 0. The van der Waals surface area contributed by atoms with Crippen molar-refractivity contribution in [1.29, 1.82) is 0 Å². The van der Waals surface area contributed by atoms with E-state index in [4.69, 9.17) is 9.47 Å². The molecular formula is C18H30O4Si. The van der Waals surface area contributed by atoms with Crippen LogP contribution in [0, 0.1) is 5.92 Å². The summed E-state index contributed by atoms with van der Waals surface area (Å²) in [7, 11) is -1.41. The second kappa shape index (κ2) is 7.95. The molecule has 0 aromatic heterocycles. The Balaban J connectivity index is 3.31. The Hall–Kier alpha value is -1.36. The van der Waals surface area contributed by atoms with Gasteiger partial charge in [-0.15, -0.1) is 0 Å². The third kappa shape index (κ3) is 5.06. The van der Waals surface area contributed by atoms with Gasteiger partial charge in [0.2, 0.25) is 0 Å². The van der Waals surface area contributed by atoms with E-state index in [0.29, 0.717) is 25.2 Å². The number of carbonyl (C=O) groups excluding carboxylic acids is 2. The molecule has 0 saturated heterocycles. The minimum atomic E-state index is -1.41. The van der Waals surface area contributed by atoms with E-state index in [-0.39, 0.29) is 17.9 Å². The first-order chi connectivity index (χ1) is 10.6. The van der Waals surface area contributed by atoms with E-state index < -0.39 is 8.07 Å². The van der Waals surface area contributed by atoms with Crippen molar-refractivity contribution in [3.8, 4) is 0 Å². The van der Waals surface area contributed by atoms with Crippen molar-refractivity contribution in [1.82, 2.24) is 0 Å². The first kappa shape index (κ1) is 19.7. The first-order valence-corrected chi connectivity index (χ1v) is 12.1. The molecule has 1 aliphatic carbocycles. The molecule has 1 unspecified atom stereocenters. The Bertz CT molecular complexity index is 538. The van der Waals surface area contributed by atoms with Crippen molar-refractivity contribution in [2.75, 3.05) is 13.2 Å². The molecule has 1 aliphatic rings. The van der Waals surface area contributed by atoms with Crippen LogP contribution in [0.5, 0.6) is 0 Å². The number of carbonyl (C=O) groups is 2. The molecule has 23 heavy (non-hydrogen) atoms. The van der Waals surface area contributed by atoms with Crippen LogP contribution in [0.4, 0.5) is 0 Å². The summed E-state index contributed by atoms with van der Waals surface area (Å²) < 4.78 is 10.5. The van der Waals surface area contributed by atoms with Gasteiger partial charge in [-0.05, 0) is 51.2 Å². The Morgan fingerprint density at radius 1 is 1.00 bits per heavy atom. The maximum Gasteiger partial charge on any atom is 0.334 e. The number of allylic oxidation sites excluding steroid dienone is 2. The molecule has 0 N–H and O–H groups in total. The molecule has 0 heterocycles. The molecule has 0 radical (unpaired) electrons. The maximum atomic E-state index is 12.4. The van der Waals surface area contributed by atoms with Gasteiger partial charge < -0.3 is 9.47 Å². The van der Waals surface area contributed by atoms with Crippen LogP contribution in [0.25, 0.3) is 0 Å². The lowest BCUT2D eigenvalue weighted by Crippen LogP contribution is -2.31. The van der Waals surface area contributed by atoms with Crippen LogP contribution in [0.15, 0.2) is 22.3 Å². The highest BCUT2D eigenvalue weighted by Crippen LogP contribution is 2.39. The van der Waals surface area contributed by atoms with Gasteiger partial charge in [0.15, 0.2) is 0 Å². The molecule has 0 saturated carbocycles. The SMILES string of the molecule is CCOC(=O)C1=C(C)C(C)=C(C(=O)OCC)C(C[Si](C)(C)C)C1. The molecule has 0 spiro atoms. The van der Waals surface area contributed by atoms with Gasteiger partial charge in [0, 0.05) is 19.2 Å². The molecule has 4 nitrogen and oxygen atoms in total. The van der Waals surface area contributed by atoms with Crippen LogP contribution in [-0.2, 0) is 19.1 Å². The zero-order chi connectivity index (χ0) is 17.8. The minimum Gasteiger partial charge on any atom is -0.463 e. The number of hydrogen-bond acceptors (Lipinski definition) is 4. The second-order valence-corrected chi connectivity index (χ2v) is 12.8. The second-order valence-electron chi connectivity index (χ2n) is 7.25. The fraction of sp³-hybridized carbons (Fsp3) is 0.667. The van der Waals surface area contributed by atoms with E-state index >= 15 is 0 Å². The Kier molecular flexibility index (Phi) is 6.80. The van der Waals surface area contributed by atoms with Crippen molar-refractivity contribution in [2.24, 2.45) is 5.92 Å².